The number of hydrogen-bond donors (Lipinski definition) is 2. The molecule has 2 N–H and O–H groups in total. The van der Waals surface area contributed by atoms with Crippen LogP contribution in [-0.2, 0) is 33.8 Å². The van der Waals surface area contributed by atoms with Gasteiger partial charge in [0, 0.05) is 26.2 Å². The quantitative estimate of drug-likeness (QED) is 0.478. The summed E-state index contributed by atoms with van der Waals surface area (Å²) in [5, 5.41) is 8.22. The van der Waals surface area contributed by atoms with Gasteiger partial charge in [0.15, 0.2) is 0 Å². The molecule has 0 spiro atoms. The molecule has 2 atom stereocenters. The SMILES string of the molecule is CC1CN(Cc2cccc(CNC(=O)C(NC(=O)Cc3ccc4ccccc4c3)C(C)C)c2)CCO1. The molecule has 0 saturated carbocycles. The van der Waals surface area contributed by atoms with Gasteiger partial charge < -0.3 is 15.4 Å². The van der Waals surface area contributed by atoms with E-state index in [0.29, 0.717) is 6.54 Å². The van der Waals surface area contributed by atoms with Crippen molar-refractivity contribution in [2.75, 3.05) is 19.7 Å². The second-order valence-electron chi connectivity index (χ2n) is 10.1. The van der Waals surface area contributed by atoms with Gasteiger partial charge in [0.05, 0.1) is 19.1 Å². The molecule has 6 nitrogen and oxygen atoms in total. The van der Waals surface area contributed by atoms with Crippen LogP contribution in [0.1, 0.15) is 37.5 Å². The first kappa shape index (κ1) is 25.9. The molecule has 190 valence electrons. The van der Waals surface area contributed by atoms with Crippen LogP contribution >= 0.6 is 0 Å². The fraction of sp³-hybridized carbons (Fsp3) is 0.400. The molecule has 6 heteroatoms. The van der Waals surface area contributed by atoms with Gasteiger partial charge in [-0.05, 0) is 40.3 Å². The van der Waals surface area contributed by atoms with Crippen LogP contribution < -0.4 is 10.6 Å². The molecule has 0 aliphatic carbocycles. The fourth-order valence-electron chi connectivity index (χ4n) is 4.72. The number of rotatable bonds is 9. The molecular formula is C30H37N3O3. The Balaban J connectivity index is 1.31. The van der Waals surface area contributed by atoms with Gasteiger partial charge in [0.2, 0.25) is 11.8 Å². The van der Waals surface area contributed by atoms with E-state index in [2.05, 4.69) is 40.7 Å². The standard InChI is InChI=1S/C30H37N3O3/c1-21(2)29(32-28(34)17-23-11-12-26-9-4-5-10-27(26)16-23)30(35)31-18-24-7-6-8-25(15-24)20-33-13-14-36-22(3)19-33/h4-12,15-16,21-22,29H,13-14,17-20H2,1-3H3,(H,31,35)(H,32,34). The highest BCUT2D eigenvalue weighted by Crippen LogP contribution is 2.16. The Morgan fingerprint density at radius 1 is 0.972 bits per heavy atom. The molecule has 3 aromatic rings. The number of nitrogens with zero attached hydrogens (tertiary/aromatic N) is 1. The second kappa shape index (κ2) is 12.2. The monoisotopic (exact) mass is 487 g/mol. The summed E-state index contributed by atoms with van der Waals surface area (Å²) in [6.45, 7) is 9.92. The average molecular weight is 488 g/mol. The number of carbonyl (C=O) groups excluding carboxylic acids is 2. The maximum absolute atomic E-state index is 13.0. The van der Waals surface area contributed by atoms with Gasteiger partial charge >= 0.3 is 0 Å². The van der Waals surface area contributed by atoms with Gasteiger partial charge in [-0.1, -0.05) is 80.6 Å². The van der Waals surface area contributed by atoms with E-state index in [4.69, 9.17) is 4.74 Å². The molecule has 1 fully saturated rings. The summed E-state index contributed by atoms with van der Waals surface area (Å²) in [6, 6.07) is 21.8. The zero-order chi connectivity index (χ0) is 25.5. The van der Waals surface area contributed by atoms with Gasteiger partial charge in [-0.25, -0.2) is 0 Å². The van der Waals surface area contributed by atoms with Crippen molar-refractivity contribution < 1.29 is 14.3 Å². The minimum Gasteiger partial charge on any atom is -0.376 e. The minimum absolute atomic E-state index is 0.0276. The summed E-state index contributed by atoms with van der Waals surface area (Å²) >= 11 is 0. The summed E-state index contributed by atoms with van der Waals surface area (Å²) in [5.74, 6) is -0.342. The lowest BCUT2D eigenvalue weighted by Gasteiger charge is -2.31. The van der Waals surface area contributed by atoms with Crippen molar-refractivity contribution in [3.8, 4) is 0 Å². The highest BCUT2D eigenvalue weighted by atomic mass is 16.5. The highest BCUT2D eigenvalue weighted by Gasteiger charge is 2.24. The van der Waals surface area contributed by atoms with Crippen molar-refractivity contribution in [1.29, 1.82) is 0 Å². The van der Waals surface area contributed by atoms with Crippen LogP contribution in [0.15, 0.2) is 66.7 Å². The van der Waals surface area contributed by atoms with Gasteiger partial charge in [-0.3, -0.25) is 14.5 Å². The molecule has 0 aromatic heterocycles. The first-order valence-electron chi connectivity index (χ1n) is 12.8. The van der Waals surface area contributed by atoms with E-state index in [-0.39, 0.29) is 30.3 Å². The average Bonchev–Trinajstić information content (AvgIpc) is 2.86. The van der Waals surface area contributed by atoms with Crippen LogP contribution in [0.5, 0.6) is 0 Å². The predicted molar refractivity (Wildman–Crippen MR) is 143 cm³/mol. The Morgan fingerprint density at radius 3 is 2.53 bits per heavy atom. The Bertz CT molecular complexity index is 1190. The smallest absolute Gasteiger partial charge is 0.243 e. The number of hydrogen-bond acceptors (Lipinski definition) is 4. The van der Waals surface area contributed by atoms with Crippen LogP contribution in [-0.4, -0.2) is 48.6 Å². The van der Waals surface area contributed by atoms with E-state index in [0.717, 1.165) is 48.1 Å². The number of nitrogens with one attached hydrogen (secondary N) is 2. The summed E-state index contributed by atoms with van der Waals surface area (Å²) in [5.41, 5.74) is 3.20. The lowest BCUT2D eigenvalue weighted by Crippen LogP contribution is -2.49. The van der Waals surface area contributed by atoms with Crippen LogP contribution in [0.25, 0.3) is 10.8 Å². The Hall–Kier alpha value is -3.22. The van der Waals surface area contributed by atoms with Crippen molar-refractivity contribution in [2.24, 2.45) is 5.92 Å². The summed E-state index contributed by atoms with van der Waals surface area (Å²) in [7, 11) is 0. The van der Waals surface area contributed by atoms with Gasteiger partial charge in [0.25, 0.3) is 0 Å². The largest absolute Gasteiger partial charge is 0.376 e. The maximum atomic E-state index is 13.0. The Kier molecular flexibility index (Phi) is 8.73. The number of amides is 2. The number of fused-ring (bicyclic) bond motifs is 1. The van der Waals surface area contributed by atoms with Crippen molar-refractivity contribution in [3.63, 3.8) is 0 Å². The van der Waals surface area contributed by atoms with E-state index < -0.39 is 6.04 Å². The van der Waals surface area contributed by atoms with Crippen molar-refractivity contribution in [1.82, 2.24) is 15.5 Å². The third-order valence-electron chi connectivity index (χ3n) is 6.63. The summed E-state index contributed by atoms with van der Waals surface area (Å²) in [6.07, 6.45) is 0.495. The molecule has 1 aliphatic rings. The maximum Gasteiger partial charge on any atom is 0.243 e. The zero-order valence-electron chi connectivity index (χ0n) is 21.5. The van der Waals surface area contributed by atoms with E-state index in [1.54, 1.807) is 0 Å². The molecule has 0 radical (unpaired) electrons. The minimum atomic E-state index is -0.587. The van der Waals surface area contributed by atoms with Crippen LogP contribution in [0.4, 0.5) is 0 Å². The zero-order valence-corrected chi connectivity index (χ0v) is 21.5. The lowest BCUT2D eigenvalue weighted by molar-refractivity contribution is -0.129. The van der Waals surface area contributed by atoms with E-state index >= 15 is 0 Å². The first-order valence-corrected chi connectivity index (χ1v) is 12.8. The molecule has 2 unspecified atom stereocenters. The predicted octanol–water partition coefficient (Wildman–Crippen LogP) is 4.06. The second-order valence-corrected chi connectivity index (χ2v) is 10.1. The molecule has 3 aromatic carbocycles. The molecule has 4 rings (SSSR count). The van der Waals surface area contributed by atoms with Gasteiger partial charge in [-0.2, -0.15) is 0 Å². The van der Waals surface area contributed by atoms with Gasteiger partial charge in [-0.15, -0.1) is 0 Å². The lowest BCUT2D eigenvalue weighted by atomic mass is 10.0. The van der Waals surface area contributed by atoms with E-state index in [1.807, 2.05) is 62.4 Å². The van der Waals surface area contributed by atoms with Crippen LogP contribution in [0.2, 0.25) is 0 Å². The topological polar surface area (TPSA) is 70.7 Å². The highest BCUT2D eigenvalue weighted by molar-refractivity contribution is 5.89. The molecule has 2 amide bonds. The number of morpholine rings is 1. The van der Waals surface area contributed by atoms with Crippen molar-refractivity contribution in [3.05, 3.63) is 83.4 Å². The summed E-state index contributed by atoms with van der Waals surface area (Å²) in [4.78, 5) is 28.2. The van der Waals surface area contributed by atoms with Crippen LogP contribution in [0, 0.1) is 5.92 Å². The molecule has 1 heterocycles. The van der Waals surface area contributed by atoms with Gasteiger partial charge in [0.1, 0.15) is 6.04 Å². The van der Waals surface area contributed by atoms with Crippen molar-refractivity contribution >= 4 is 22.6 Å². The third kappa shape index (κ3) is 7.15. The molecule has 1 aliphatic heterocycles. The molecule has 0 bridgehead atoms. The van der Waals surface area contributed by atoms with E-state index in [9.17, 15) is 9.59 Å². The fourth-order valence-corrected chi connectivity index (χ4v) is 4.72. The van der Waals surface area contributed by atoms with Crippen molar-refractivity contribution in [2.45, 2.75) is 52.4 Å². The molecule has 1 saturated heterocycles. The van der Waals surface area contributed by atoms with Crippen LogP contribution in [0.3, 0.4) is 0 Å². The number of carbonyl (C=O) groups is 2. The Labute approximate surface area is 214 Å². The van der Waals surface area contributed by atoms with E-state index in [1.165, 1.54) is 5.56 Å². The third-order valence-corrected chi connectivity index (χ3v) is 6.63. The summed E-state index contributed by atoms with van der Waals surface area (Å²) < 4.78 is 5.63. The molecule has 36 heavy (non-hydrogen) atoms. The normalized spacial score (nSPS) is 17.2. The Morgan fingerprint density at radius 2 is 1.75 bits per heavy atom. The first-order chi connectivity index (χ1) is 17.4. The number of benzene rings is 3. The molecular weight excluding hydrogens is 450 g/mol. The number of ether oxygens (including phenoxy) is 1.